The summed E-state index contributed by atoms with van der Waals surface area (Å²) in [5.41, 5.74) is 1.07. The van der Waals surface area contributed by atoms with Crippen molar-refractivity contribution in [2.75, 3.05) is 38.1 Å². The summed E-state index contributed by atoms with van der Waals surface area (Å²) in [6, 6.07) is 17.2. The summed E-state index contributed by atoms with van der Waals surface area (Å²) in [4.78, 5) is 41.3. The Kier molecular flexibility index (Phi) is 5.90. The predicted molar refractivity (Wildman–Crippen MR) is 122 cm³/mol. The van der Waals surface area contributed by atoms with Gasteiger partial charge in [0.15, 0.2) is 17.3 Å². The van der Waals surface area contributed by atoms with E-state index in [-0.39, 0.29) is 30.1 Å². The molecule has 5 rings (SSSR count). The molecule has 9 heteroatoms. The van der Waals surface area contributed by atoms with Crippen LogP contribution < -0.4 is 14.8 Å². The Hall–Kier alpha value is -4.27. The minimum atomic E-state index is -0.693. The first-order valence-corrected chi connectivity index (χ1v) is 11.0. The number of benzene rings is 2. The van der Waals surface area contributed by atoms with Crippen molar-refractivity contribution in [1.29, 1.82) is 0 Å². The van der Waals surface area contributed by atoms with Gasteiger partial charge in [-0.05, 0) is 48.5 Å². The summed E-state index contributed by atoms with van der Waals surface area (Å²) in [7, 11) is 0. The van der Waals surface area contributed by atoms with Gasteiger partial charge in [-0.15, -0.1) is 0 Å². The highest BCUT2D eigenvalue weighted by Gasteiger charge is 2.33. The van der Waals surface area contributed by atoms with E-state index in [1.54, 1.807) is 58.3 Å². The maximum Gasteiger partial charge on any atom is 0.291 e. The molecular formula is C25H23N3O6. The molecule has 34 heavy (non-hydrogen) atoms. The second-order valence-corrected chi connectivity index (χ2v) is 7.99. The normalized spacial score (nSPS) is 17.2. The topological polar surface area (TPSA) is 101 Å². The van der Waals surface area contributed by atoms with Gasteiger partial charge >= 0.3 is 0 Å². The van der Waals surface area contributed by atoms with Crippen molar-refractivity contribution in [3.63, 3.8) is 0 Å². The Morgan fingerprint density at radius 2 is 1.53 bits per heavy atom. The Labute approximate surface area is 195 Å². The number of para-hydroxylation sites is 2. The number of nitrogens with zero attached hydrogens (tertiary/aromatic N) is 2. The number of amides is 3. The maximum absolute atomic E-state index is 12.9. The summed E-state index contributed by atoms with van der Waals surface area (Å²) >= 11 is 0. The van der Waals surface area contributed by atoms with Gasteiger partial charge in [-0.1, -0.05) is 12.1 Å². The smallest absolute Gasteiger partial charge is 0.291 e. The molecule has 0 aliphatic carbocycles. The lowest BCUT2D eigenvalue weighted by Crippen LogP contribution is -2.55. The molecule has 2 aliphatic rings. The largest absolute Gasteiger partial charge is 0.485 e. The first-order chi connectivity index (χ1) is 16.6. The molecule has 1 aromatic heterocycles. The van der Waals surface area contributed by atoms with Crippen LogP contribution in [0.4, 0.5) is 5.69 Å². The fourth-order valence-electron chi connectivity index (χ4n) is 3.95. The lowest BCUT2D eigenvalue weighted by Gasteiger charge is -2.37. The van der Waals surface area contributed by atoms with Crippen LogP contribution in [0.1, 0.15) is 20.9 Å². The van der Waals surface area contributed by atoms with E-state index in [0.717, 1.165) is 0 Å². The van der Waals surface area contributed by atoms with Crippen molar-refractivity contribution in [1.82, 2.24) is 9.80 Å². The molecule has 3 aromatic rings. The SMILES string of the molecule is O=C(Nc1ccc(C(=O)N2CCN(C(=O)[C@H]3COc4ccccc4O3)CC2)cc1)c1ccco1. The van der Waals surface area contributed by atoms with Crippen LogP contribution in [0.15, 0.2) is 71.3 Å². The van der Waals surface area contributed by atoms with Gasteiger partial charge in [0.25, 0.3) is 17.7 Å². The summed E-state index contributed by atoms with van der Waals surface area (Å²) < 4.78 is 16.5. The number of carbonyl (C=O) groups is 3. The zero-order chi connectivity index (χ0) is 23.5. The third-order valence-corrected chi connectivity index (χ3v) is 5.80. The van der Waals surface area contributed by atoms with Crippen molar-refractivity contribution in [2.24, 2.45) is 0 Å². The molecule has 3 amide bonds. The zero-order valence-corrected chi connectivity index (χ0v) is 18.3. The number of anilines is 1. The fourth-order valence-corrected chi connectivity index (χ4v) is 3.95. The van der Waals surface area contributed by atoms with E-state index in [4.69, 9.17) is 13.9 Å². The fraction of sp³-hybridized carbons (Fsp3) is 0.240. The summed E-state index contributed by atoms with van der Waals surface area (Å²) in [6.07, 6.45) is 0.736. The van der Waals surface area contributed by atoms with Gasteiger partial charge in [0, 0.05) is 37.4 Å². The number of rotatable bonds is 4. The lowest BCUT2D eigenvalue weighted by atomic mass is 10.1. The number of piperazine rings is 1. The van der Waals surface area contributed by atoms with E-state index in [0.29, 0.717) is 48.9 Å². The third-order valence-electron chi connectivity index (χ3n) is 5.80. The number of furan rings is 1. The monoisotopic (exact) mass is 461 g/mol. The zero-order valence-electron chi connectivity index (χ0n) is 18.3. The van der Waals surface area contributed by atoms with E-state index in [1.807, 2.05) is 12.1 Å². The number of nitrogens with one attached hydrogen (secondary N) is 1. The molecule has 9 nitrogen and oxygen atoms in total. The van der Waals surface area contributed by atoms with Crippen molar-refractivity contribution >= 4 is 23.4 Å². The van der Waals surface area contributed by atoms with Crippen LogP contribution in [0, 0.1) is 0 Å². The van der Waals surface area contributed by atoms with Gasteiger partial charge in [-0.2, -0.15) is 0 Å². The van der Waals surface area contributed by atoms with Crippen LogP contribution in [0.25, 0.3) is 0 Å². The molecular weight excluding hydrogens is 438 g/mol. The van der Waals surface area contributed by atoms with Crippen LogP contribution in [0.5, 0.6) is 11.5 Å². The second kappa shape index (κ2) is 9.30. The molecule has 1 atom stereocenters. The number of fused-ring (bicyclic) bond motifs is 1. The van der Waals surface area contributed by atoms with E-state index >= 15 is 0 Å². The molecule has 0 saturated carbocycles. The van der Waals surface area contributed by atoms with E-state index in [1.165, 1.54) is 6.26 Å². The molecule has 2 aromatic carbocycles. The van der Waals surface area contributed by atoms with Gasteiger partial charge in [-0.25, -0.2) is 0 Å². The number of hydrogen-bond donors (Lipinski definition) is 1. The van der Waals surface area contributed by atoms with Crippen molar-refractivity contribution < 1.29 is 28.3 Å². The number of hydrogen-bond acceptors (Lipinski definition) is 6. The minimum Gasteiger partial charge on any atom is -0.485 e. The van der Waals surface area contributed by atoms with Crippen LogP contribution in [-0.4, -0.2) is 66.4 Å². The molecule has 3 heterocycles. The quantitative estimate of drug-likeness (QED) is 0.641. The molecule has 0 bridgehead atoms. The summed E-state index contributed by atoms with van der Waals surface area (Å²) in [6.45, 7) is 1.85. The average molecular weight is 461 g/mol. The Morgan fingerprint density at radius 1 is 0.824 bits per heavy atom. The molecule has 0 unspecified atom stereocenters. The van der Waals surface area contributed by atoms with Crippen molar-refractivity contribution in [2.45, 2.75) is 6.10 Å². The Morgan fingerprint density at radius 3 is 2.24 bits per heavy atom. The maximum atomic E-state index is 12.9. The first kappa shape index (κ1) is 21.6. The Bertz CT molecular complexity index is 1180. The Balaban J connectivity index is 1.14. The highest BCUT2D eigenvalue weighted by molar-refractivity contribution is 6.02. The van der Waals surface area contributed by atoms with Crippen LogP contribution >= 0.6 is 0 Å². The predicted octanol–water partition coefficient (Wildman–Crippen LogP) is 2.66. The van der Waals surface area contributed by atoms with Crippen molar-refractivity contribution in [3.05, 3.63) is 78.3 Å². The minimum absolute atomic E-state index is 0.123. The first-order valence-electron chi connectivity index (χ1n) is 11.0. The highest BCUT2D eigenvalue weighted by Crippen LogP contribution is 2.31. The molecule has 0 radical (unpaired) electrons. The van der Waals surface area contributed by atoms with Crippen LogP contribution in [-0.2, 0) is 4.79 Å². The van der Waals surface area contributed by atoms with Crippen LogP contribution in [0.2, 0.25) is 0 Å². The summed E-state index contributed by atoms with van der Waals surface area (Å²) in [5.74, 6) is 0.779. The molecule has 1 fully saturated rings. The lowest BCUT2D eigenvalue weighted by molar-refractivity contribution is -0.142. The van der Waals surface area contributed by atoms with Gasteiger partial charge in [0.05, 0.1) is 6.26 Å². The van der Waals surface area contributed by atoms with E-state index in [2.05, 4.69) is 5.32 Å². The van der Waals surface area contributed by atoms with E-state index < -0.39 is 6.10 Å². The molecule has 1 saturated heterocycles. The standard InChI is InChI=1S/C25H23N3O6/c29-23(21-6-3-15-32-21)26-18-9-7-17(8-10-18)24(30)27-11-13-28(14-12-27)25(31)22-16-33-19-4-1-2-5-20(19)34-22/h1-10,15,22H,11-14,16H2,(H,26,29)/t22-/m1/s1. The number of ether oxygens (including phenoxy) is 2. The molecule has 0 spiro atoms. The van der Waals surface area contributed by atoms with E-state index in [9.17, 15) is 14.4 Å². The van der Waals surface area contributed by atoms with Gasteiger partial charge in [0.2, 0.25) is 6.10 Å². The van der Waals surface area contributed by atoms with Gasteiger partial charge in [0.1, 0.15) is 6.61 Å². The molecule has 2 aliphatic heterocycles. The van der Waals surface area contributed by atoms with Crippen molar-refractivity contribution in [3.8, 4) is 11.5 Å². The molecule has 174 valence electrons. The summed E-state index contributed by atoms with van der Waals surface area (Å²) in [5, 5.41) is 2.72. The molecule has 1 N–H and O–H groups in total. The third kappa shape index (κ3) is 4.45. The van der Waals surface area contributed by atoms with Gasteiger partial charge in [-0.3, -0.25) is 14.4 Å². The highest BCUT2D eigenvalue weighted by atomic mass is 16.6. The van der Waals surface area contributed by atoms with Gasteiger partial charge < -0.3 is 29.0 Å². The second-order valence-electron chi connectivity index (χ2n) is 7.99. The van der Waals surface area contributed by atoms with Crippen LogP contribution in [0.3, 0.4) is 0 Å². The average Bonchev–Trinajstić information content (AvgIpc) is 3.43. The number of carbonyl (C=O) groups excluding carboxylic acids is 3.